The number of piperazine rings is 1. The predicted octanol–water partition coefficient (Wildman–Crippen LogP) is 1.92. The molecular formula is C20H20ClN4O2+. The lowest BCUT2D eigenvalue weighted by atomic mass is 10.1. The van der Waals surface area contributed by atoms with Gasteiger partial charge in [0.2, 0.25) is 6.79 Å². The maximum Gasteiger partial charge on any atom is 0.231 e. The van der Waals surface area contributed by atoms with Crippen molar-refractivity contribution in [3.63, 3.8) is 0 Å². The van der Waals surface area contributed by atoms with Crippen LogP contribution >= 0.6 is 11.6 Å². The molecule has 6 nitrogen and oxygen atoms in total. The van der Waals surface area contributed by atoms with Crippen LogP contribution in [-0.4, -0.2) is 42.9 Å². The summed E-state index contributed by atoms with van der Waals surface area (Å²) in [5.41, 5.74) is 2.98. The fourth-order valence-electron chi connectivity index (χ4n) is 3.72. The van der Waals surface area contributed by atoms with Crippen LogP contribution in [0.3, 0.4) is 0 Å². The number of halogens is 1. The zero-order valence-electron chi connectivity index (χ0n) is 14.8. The first-order valence-corrected chi connectivity index (χ1v) is 9.53. The summed E-state index contributed by atoms with van der Waals surface area (Å²) in [6.45, 7) is 5.16. The molecule has 7 heteroatoms. The summed E-state index contributed by atoms with van der Waals surface area (Å²) in [6.07, 6.45) is 0. The highest BCUT2D eigenvalue weighted by molar-refractivity contribution is 6.32. The zero-order chi connectivity index (χ0) is 18.2. The predicted molar refractivity (Wildman–Crippen MR) is 104 cm³/mol. The van der Waals surface area contributed by atoms with Crippen molar-refractivity contribution in [1.29, 1.82) is 0 Å². The van der Waals surface area contributed by atoms with E-state index in [2.05, 4.69) is 22.0 Å². The molecule has 0 spiro atoms. The number of ether oxygens (including phenoxy) is 2. The third-order valence-corrected chi connectivity index (χ3v) is 5.43. The number of quaternary nitrogens is 1. The average molecular weight is 384 g/mol. The summed E-state index contributed by atoms with van der Waals surface area (Å²) in [6, 6.07) is 14.0. The third-order valence-electron chi connectivity index (χ3n) is 5.17. The Bertz CT molecular complexity index is 989. The molecule has 0 radical (unpaired) electrons. The average Bonchev–Trinajstić information content (AvgIpc) is 3.16. The quantitative estimate of drug-likeness (QED) is 0.749. The summed E-state index contributed by atoms with van der Waals surface area (Å²) >= 11 is 6.41. The highest BCUT2D eigenvalue weighted by Gasteiger charge is 2.24. The molecule has 1 fully saturated rings. The van der Waals surface area contributed by atoms with Crippen molar-refractivity contribution in [3.05, 3.63) is 53.2 Å². The Morgan fingerprint density at radius 2 is 1.70 bits per heavy atom. The SMILES string of the molecule is Clc1nc2ccccc2nc1N1CC[NH+](Cc2ccc3c(c2)OCO3)CC1. The van der Waals surface area contributed by atoms with Crippen LogP contribution in [0.2, 0.25) is 5.15 Å². The van der Waals surface area contributed by atoms with Crippen LogP contribution in [0.15, 0.2) is 42.5 Å². The van der Waals surface area contributed by atoms with E-state index in [9.17, 15) is 0 Å². The van der Waals surface area contributed by atoms with Crippen molar-refractivity contribution in [2.75, 3.05) is 37.9 Å². The first-order chi connectivity index (χ1) is 13.3. The first kappa shape index (κ1) is 16.6. The number of aromatic nitrogens is 2. The van der Waals surface area contributed by atoms with Crippen LogP contribution in [-0.2, 0) is 6.54 Å². The van der Waals surface area contributed by atoms with Crippen LogP contribution in [0.4, 0.5) is 5.82 Å². The molecule has 2 aliphatic heterocycles. The number of para-hydroxylation sites is 2. The summed E-state index contributed by atoms with van der Waals surface area (Å²) in [5.74, 6) is 2.48. The Morgan fingerprint density at radius 3 is 2.52 bits per heavy atom. The van der Waals surface area contributed by atoms with Gasteiger partial charge in [0, 0.05) is 5.56 Å². The van der Waals surface area contributed by atoms with Gasteiger partial charge in [0.05, 0.1) is 37.2 Å². The van der Waals surface area contributed by atoms with Gasteiger partial charge in [-0.05, 0) is 30.3 Å². The van der Waals surface area contributed by atoms with Gasteiger partial charge in [-0.2, -0.15) is 0 Å². The van der Waals surface area contributed by atoms with Crippen molar-refractivity contribution < 1.29 is 14.4 Å². The van der Waals surface area contributed by atoms with E-state index in [0.717, 1.165) is 61.1 Å². The number of nitrogens with zero attached hydrogens (tertiary/aromatic N) is 3. The lowest BCUT2D eigenvalue weighted by molar-refractivity contribution is -0.914. The molecule has 0 unspecified atom stereocenters. The summed E-state index contributed by atoms with van der Waals surface area (Å²) in [5, 5.41) is 0.480. The number of fused-ring (bicyclic) bond motifs is 2. The fraction of sp³-hybridized carbons (Fsp3) is 0.300. The minimum Gasteiger partial charge on any atom is -0.454 e. The van der Waals surface area contributed by atoms with E-state index in [1.165, 1.54) is 10.5 Å². The molecule has 3 aromatic rings. The Morgan fingerprint density at radius 1 is 0.963 bits per heavy atom. The van der Waals surface area contributed by atoms with Gasteiger partial charge in [-0.1, -0.05) is 23.7 Å². The van der Waals surface area contributed by atoms with Crippen molar-refractivity contribution in [1.82, 2.24) is 9.97 Å². The molecule has 0 saturated carbocycles. The molecule has 2 aromatic carbocycles. The summed E-state index contributed by atoms with van der Waals surface area (Å²) in [7, 11) is 0. The lowest BCUT2D eigenvalue weighted by Gasteiger charge is -2.33. The molecule has 5 rings (SSSR count). The van der Waals surface area contributed by atoms with Gasteiger partial charge < -0.3 is 19.3 Å². The molecule has 1 saturated heterocycles. The zero-order valence-corrected chi connectivity index (χ0v) is 15.6. The fourth-order valence-corrected chi connectivity index (χ4v) is 3.97. The number of benzene rings is 2. The lowest BCUT2D eigenvalue weighted by Crippen LogP contribution is -3.13. The molecule has 138 valence electrons. The Kier molecular flexibility index (Phi) is 4.22. The van der Waals surface area contributed by atoms with E-state index in [4.69, 9.17) is 26.1 Å². The number of hydrogen-bond donors (Lipinski definition) is 1. The van der Waals surface area contributed by atoms with Gasteiger partial charge in [0.25, 0.3) is 0 Å². The second kappa shape index (κ2) is 6.87. The highest BCUT2D eigenvalue weighted by Crippen LogP contribution is 2.32. The van der Waals surface area contributed by atoms with Crippen molar-refractivity contribution in [3.8, 4) is 11.5 Å². The smallest absolute Gasteiger partial charge is 0.231 e. The van der Waals surface area contributed by atoms with Gasteiger partial charge in [-0.15, -0.1) is 0 Å². The first-order valence-electron chi connectivity index (χ1n) is 9.15. The molecule has 3 heterocycles. The standard InChI is InChI=1S/C20H19ClN4O2/c21-19-20(23-16-4-2-1-3-15(16)22-19)25-9-7-24(8-10-25)12-14-5-6-17-18(11-14)27-13-26-17/h1-6,11H,7-10,12-13H2/p+1. The maximum absolute atomic E-state index is 6.41. The molecule has 1 N–H and O–H groups in total. The van der Waals surface area contributed by atoms with E-state index < -0.39 is 0 Å². The van der Waals surface area contributed by atoms with E-state index >= 15 is 0 Å². The van der Waals surface area contributed by atoms with E-state index in [0.29, 0.717) is 11.9 Å². The minimum atomic E-state index is 0.317. The number of nitrogens with one attached hydrogen (secondary N) is 1. The topological polar surface area (TPSA) is 51.9 Å². The van der Waals surface area contributed by atoms with E-state index in [1.54, 1.807) is 0 Å². The van der Waals surface area contributed by atoms with Gasteiger partial charge in [0.1, 0.15) is 6.54 Å². The molecule has 0 atom stereocenters. The minimum absolute atomic E-state index is 0.317. The molecule has 0 bridgehead atoms. The van der Waals surface area contributed by atoms with Crippen LogP contribution in [0.25, 0.3) is 11.0 Å². The Hall–Kier alpha value is -2.57. The number of hydrogen-bond acceptors (Lipinski definition) is 5. The van der Waals surface area contributed by atoms with Crippen LogP contribution < -0.4 is 19.3 Å². The van der Waals surface area contributed by atoms with Crippen LogP contribution in [0, 0.1) is 0 Å². The second-order valence-electron chi connectivity index (χ2n) is 6.93. The van der Waals surface area contributed by atoms with Gasteiger partial charge >= 0.3 is 0 Å². The van der Waals surface area contributed by atoms with Crippen molar-refractivity contribution in [2.45, 2.75) is 6.54 Å². The summed E-state index contributed by atoms with van der Waals surface area (Å²) < 4.78 is 10.9. The highest BCUT2D eigenvalue weighted by atomic mass is 35.5. The molecule has 1 aromatic heterocycles. The van der Waals surface area contributed by atoms with Crippen molar-refractivity contribution >= 4 is 28.5 Å². The normalized spacial score (nSPS) is 16.9. The molecule has 27 heavy (non-hydrogen) atoms. The van der Waals surface area contributed by atoms with Crippen LogP contribution in [0.1, 0.15) is 5.56 Å². The molecule has 2 aliphatic rings. The largest absolute Gasteiger partial charge is 0.454 e. The number of anilines is 1. The molecule has 0 aliphatic carbocycles. The van der Waals surface area contributed by atoms with Crippen LogP contribution in [0.5, 0.6) is 11.5 Å². The van der Waals surface area contributed by atoms with Gasteiger partial charge in [-0.25, -0.2) is 9.97 Å². The Labute approximate surface area is 162 Å². The second-order valence-corrected chi connectivity index (χ2v) is 7.29. The monoisotopic (exact) mass is 383 g/mol. The molecule has 0 amide bonds. The van der Waals surface area contributed by atoms with Gasteiger partial charge in [-0.3, -0.25) is 0 Å². The van der Waals surface area contributed by atoms with Crippen molar-refractivity contribution in [2.24, 2.45) is 0 Å². The van der Waals surface area contributed by atoms with E-state index in [1.807, 2.05) is 30.3 Å². The van der Waals surface area contributed by atoms with E-state index in [-0.39, 0.29) is 0 Å². The Balaban J connectivity index is 1.27. The third kappa shape index (κ3) is 3.26. The molecular weight excluding hydrogens is 364 g/mol. The summed E-state index contributed by atoms with van der Waals surface area (Å²) in [4.78, 5) is 13.0. The maximum atomic E-state index is 6.41. The number of rotatable bonds is 3. The van der Waals surface area contributed by atoms with Gasteiger partial charge in [0.15, 0.2) is 22.5 Å².